The average molecular weight is 650 g/mol. The molecule has 0 aliphatic rings. The second-order valence-corrected chi connectivity index (χ2v) is 13.0. The number of hydrogen-bond acceptors (Lipinski definition) is 2. The molecule has 3 heteroatoms. The van der Waals surface area contributed by atoms with Crippen molar-refractivity contribution >= 4 is 43.4 Å². The van der Waals surface area contributed by atoms with Crippen LogP contribution in [0.15, 0.2) is 188 Å². The predicted molar refractivity (Wildman–Crippen MR) is 213 cm³/mol. The first-order chi connectivity index (χ1) is 25.3. The first-order valence-electron chi connectivity index (χ1n) is 17.3. The Hall–Kier alpha value is -6.84. The molecular weight excluding hydrogens is 619 g/mol. The summed E-state index contributed by atoms with van der Waals surface area (Å²) in [6.45, 7) is 0. The summed E-state index contributed by atoms with van der Waals surface area (Å²) < 4.78 is 2.35. The summed E-state index contributed by atoms with van der Waals surface area (Å²) in [7, 11) is 0. The first-order valence-corrected chi connectivity index (χ1v) is 17.3. The largest absolute Gasteiger partial charge is 0.309 e. The maximum Gasteiger partial charge on any atom is 0.0722 e. The minimum Gasteiger partial charge on any atom is -0.309 e. The molecule has 238 valence electrons. The van der Waals surface area contributed by atoms with Gasteiger partial charge in [0, 0.05) is 40.0 Å². The van der Waals surface area contributed by atoms with Gasteiger partial charge in [-0.1, -0.05) is 133 Å². The third-order valence-corrected chi connectivity index (χ3v) is 10.1. The zero-order valence-electron chi connectivity index (χ0n) is 27.7. The topological polar surface area (TPSA) is 30.7 Å². The molecule has 0 aliphatic heterocycles. The van der Waals surface area contributed by atoms with Gasteiger partial charge < -0.3 is 4.57 Å². The van der Waals surface area contributed by atoms with E-state index in [0.717, 1.165) is 44.6 Å². The van der Waals surface area contributed by atoms with Crippen molar-refractivity contribution in [1.29, 1.82) is 0 Å². The highest BCUT2D eigenvalue weighted by atomic mass is 15.0. The molecule has 0 bridgehead atoms. The molecule has 51 heavy (non-hydrogen) atoms. The van der Waals surface area contributed by atoms with Crippen LogP contribution in [-0.4, -0.2) is 14.5 Å². The Balaban J connectivity index is 1.14. The lowest BCUT2D eigenvalue weighted by molar-refractivity contribution is 1.17. The molecule has 0 N–H and O–H groups in total. The standard InChI is InChI=1S/C48H31N3/c1-3-13-32(14-4-1)34-25-26-45-41(30-34)42-31-49-28-27-46(42)51(45)36-18-11-17-35(29-36)43-23-12-24-44(50-43)48-39-21-9-7-19-37(39)47(33-15-5-2-6-16-33)38-20-8-10-22-40(38)48/h1-31H. The second-order valence-electron chi connectivity index (χ2n) is 13.0. The minimum atomic E-state index is 0.934. The van der Waals surface area contributed by atoms with Crippen molar-refractivity contribution in [2.75, 3.05) is 0 Å². The second kappa shape index (κ2) is 11.9. The van der Waals surface area contributed by atoms with Crippen molar-refractivity contribution in [3.05, 3.63) is 188 Å². The summed E-state index contributed by atoms with van der Waals surface area (Å²) in [6.07, 6.45) is 3.86. The van der Waals surface area contributed by atoms with Gasteiger partial charge in [-0.25, -0.2) is 4.98 Å². The van der Waals surface area contributed by atoms with Gasteiger partial charge in [-0.2, -0.15) is 0 Å². The molecule has 0 saturated heterocycles. The van der Waals surface area contributed by atoms with Crippen LogP contribution >= 0.6 is 0 Å². The van der Waals surface area contributed by atoms with Crippen LogP contribution in [-0.2, 0) is 0 Å². The van der Waals surface area contributed by atoms with E-state index in [1.54, 1.807) is 0 Å². The maximum absolute atomic E-state index is 5.39. The fourth-order valence-corrected chi connectivity index (χ4v) is 7.81. The van der Waals surface area contributed by atoms with Gasteiger partial charge in [0.2, 0.25) is 0 Å². The summed E-state index contributed by atoms with van der Waals surface area (Å²) in [4.78, 5) is 9.91. The van der Waals surface area contributed by atoms with Gasteiger partial charge in [0.1, 0.15) is 0 Å². The third kappa shape index (κ3) is 4.82. The van der Waals surface area contributed by atoms with Crippen LogP contribution in [0.25, 0.3) is 93.8 Å². The molecule has 0 aliphatic carbocycles. The average Bonchev–Trinajstić information content (AvgIpc) is 3.54. The molecule has 0 atom stereocenters. The smallest absolute Gasteiger partial charge is 0.0722 e. The SMILES string of the molecule is c1ccc(-c2ccc3c(c2)c2cnccc2n3-c2cccc(-c3cccc(-c4c5ccccc5c(-c5ccccc5)c5ccccc45)n3)c2)cc1. The number of hydrogen-bond donors (Lipinski definition) is 0. The highest BCUT2D eigenvalue weighted by Crippen LogP contribution is 2.43. The molecule has 0 amide bonds. The van der Waals surface area contributed by atoms with E-state index in [9.17, 15) is 0 Å². The van der Waals surface area contributed by atoms with E-state index in [0.29, 0.717) is 0 Å². The van der Waals surface area contributed by atoms with Crippen molar-refractivity contribution in [2.24, 2.45) is 0 Å². The van der Waals surface area contributed by atoms with Crippen molar-refractivity contribution < 1.29 is 0 Å². The van der Waals surface area contributed by atoms with Crippen LogP contribution < -0.4 is 0 Å². The van der Waals surface area contributed by atoms with Crippen LogP contribution in [0.4, 0.5) is 0 Å². The molecule has 3 heterocycles. The minimum absolute atomic E-state index is 0.934. The van der Waals surface area contributed by atoms with Gasteiger partial charge in [-0.15, -0.1) is 0 Å². The number of pyridine rings is 2. The van der Waals surface area contributed by atoms with Crippen LogP contribution in [0.3, 0.4) is 0 Å². The summed E-state index contributed by atoms with van der Waals surface area (Å²) >= 11 is 0. The highest BCUT2D eigenvalue weighted by Gasteiger charge is 2.18. The highest BCUT2D eigenvalue weighted by molar-refractivity contribution is 6.21. The summed E-state index contributed by atoms with van der Waals surface area (Å²) in [5, 5.41) is 7.16. The Morgan fingerprint density at radius 3 is 1.67 bits per heavy atom. The summed E-state index contributed by atoms with van der Waals surface area (Å²) in [5.74, 6) is 0. The number of nitrogens with zero attached hydrogens (tertiary/aromatic N) is 3. The first kappa shape index (κ1) is 29.1. The van der Waals surface area contributed by atoms with Gasteiger partial charge in [0.05, 0.1) is 22.4 Å². The molecule has 0 saturated carbocycles. The van der Waals surface area contributed by atoms with E-state index in [4.69, 9.17) is 4.98 Å². The Morgan fingerprint density at radius 2 is 0.941 bits per heavy atom. The van der Waals surface area contributed by atoms with Crippen molar-refractivity contribution in [2.45, 2.75) is 0 Å². The molecule has 0 unspecified atom stereocenters. The van der Waals surface area contributed by atoms with Crippen LogP contribution in [0, 0.1) is 0 Å². The molecule has 10 rings (SSSR count). The van der Waals surface area contributed by atoms with Crippen LogP contribution in [0.1, 0.15) is 0 Å². The molecule has 3 aromatic heterocycles. The number of benzene rings is 7. The quantitative estimate of drug-likeness (QED) is 0.174. The maximum atomic E-state index is 5.39. The molecular formula is C48H31N3. The monoisotopic (exact) mass is 649 g/mol. The fourth-order valence-electron chi connectivity index (χ4n) is 7.81. The fraction of sp³-hybridized carbons (Fsp3) is 0. The van der Waals surface area contributed by atoms with E-state index < -0.39 is 0 Å². The lowest BCUT2D eigenvalue weighted by Gasteiger charge is -2.17. The zero-order chi connectivity index (χ0) is 33.7. The number of fused-ring (bicyclic) bond motifs is 5. The number of aromatic nitrogens is 3. The van der Waals surface area contributed by atoms with Gasteiger partial charge in [0.15, 0.2) is 0 Å². The van der Waals surface area contributed by atoms with Gasteiger partial charge in [-0.3, -0.25) is 4.98 Å². The molecule has 0 spiro atoms. The van der Waals surface area contributed by atoms with Gasteiger partial charge in [-0.05, 0) is 86.3 Å². The Kier molecular flexibility index (Phi) is 6.81. The molecule has 3 nitrogen and oxygen atoms in total. The number of rotatable bonds is 5. The molecule has 7 aromatic carbocycles. The molecule has 0 fully saturated rings. The van der Waals surface area contributed by atoms with Crippen molar-refractivity contribution in [3.8, 4) is 50.5 Å². The summed E-state index contributed by atoms with van der Waals surface area (Å²) in [6, 6.07) is 62.7. The van der Waals surface area contributed by atoms with Crippen LogP contribution in [0.5, 0.6) is 0 Å². The molecule has 10 aromatic rings. The Bertz CT molecular complexity index is 2850. The van der Waals surface area contributed by atoms with Crippen molar-refractivity contribution in [1.82, 2.24) is 14.5 Å². The Morgan fingerprint density at radius 1 is 0.353 bits per heavy atom. The van der Waals surface area contributed by atoms with Gasteiger partial charge >= 0.3 is 0 Å². The predicted octanol–water partition coefficient (Wildman–Crippen LogP) is 12.5. The lowest BCUT2D eigenvalue weighted by atomic mass is 9.87. The Labute approximate surface area is 295 Å². The van der Waals surface area contributed by atoms with Crippen molar-refractivity contribution in [3.63, 3.8) is 0 Å². The van der Waals surface area contributed by atoms with E-state index in [1.807, 2.05) is 12.4 Å². The zero-order valence-corrected chi connectivity index (χ0v) is 27.7. The lowest BCUT2D eigenvalue weighted by Crippen LogP contribution is -1.96. The van der Waals surface area contributed by atoms with E-state index in [1.165, 1.54) is 49.2 Å². The summed E-state index contributed by atoms with van der Waals surface area (Å²) in [5.41, 5.74) is 12.3. The van der Waals surface area contributed by atoms with E-state index in [2.05, 4.69) is 185 Å². The van der Waals surface area contributed by atoms with E-state index >= 15 is 0 Å². The normalized spacial score (nSPS) is 11.5. The van der Waals surface area contributed by atoms with Gasteiger partial charge in [0.25, 0.3) is 0 Å². The van der Waals surface area contributed by atoms with Crippen LogP contribution in [0.2, 0.25) is 0 Å². The van der Waals surface area contributed by atoms with E-state index in [-0.39, 0.29) is 0 Å². The third-order valence-electron chi connectivity index (χ3n) is 10.1. The molecule has 0 radical (unpaired) electrons.